The molecule has 0 aliphatic carbocycles. The van der Waals surface area contributed by atoms with Crippen LogP contribution in [-0.2, 0) is 16.0 Å². The van der Waals surface area contributed by atoms with Gasteiger partial charge in [-0.3, -0.25) is 4.79 Å². The van der Waals surface area contributed by atoms with E-state index in [2.05, 4.69) is 59.3 Å². The number of carbonyl (C=O) groups is 1. The Morgan fingerprint density at radius 3 is 2.50 bits per heavy atom. The third kappa shape index (κ3) is 3.94. The molecule has 2 fully saturated rings. The predicted molar refractivity (Wildman–Crippen MR) is 113 cm³/mol. The van der Waals surface area contributed by atoms with Gasteiger partial charge in [0.05, 0.1) is 5.41 Å². The van der Waals surface area contributed by atoms with Crippen molar-refractivity contribution in [2.45, 2.75) is 38.1 Å². The van der Waals surface area contributed by atoms with Crippen LogP contribution in [0.4, 0.5) is 0 Å². The van der Waals surface area contributed by atoms with Crippen molar-refractivity contribution in [3.8, 4) is 0 Å². The zero-order valence-electron chi connectivity index (χ0n) is 17.2. The molecule has 4 rings (SSSR count). The maximum absolute atomic E-state index is 13.7. The van der Waals surface area contributed by atoms with E-state index in [0.717, 1.165) is 45.2 Å². The fourth-order valence-electron chi connectivity index (χ4n) is 4.89. The summed E-state index contributed by atoms with van der Waals surface area (Å²) in [5.41, 5.74) is 0.921. The third-order valence-electron chi connectivity index (χ3n) is 6.82. The molecule has 150 valence electrons. The SMILES string of the molecule is CN1CCC(N(C)C(=O)C2(Cc3ccc4ccccc4c3)CCOCC2)CC1. The van der Waals surface area contributed by atoms with E-state index in [-0.39, 0.29) is 5.41 Å². The van der Waals surface area contributed by atoms with E-state index >= 15 is 0 Å². The molecule has 0 radical (unpaired) electrons. The van der Waals surface area contributed by atoms with Gasteiger partial charge in [0.15, 0.2) is 0 Å². The Morgan fingerprint density at radius 1 is 1.11 bits per heavy atom. The van der Waals surface area contributed by atoms with Crippen LogP contribution >= 0.6 is 0 Å². The minimum absolute atomic E-state index is 0.318. The van der Waals surface area contributed by atoms with Crippen LogP contribution in [0.5, 0.6) is 0 Å². The van der Waals surface area contributed by atoms with Gasteiger partial charge in [0, 0.05) is 26.3 Å². The number of ether oxygens (including phenoxy) is 1. The van der Waals surface area contributed by atoms with Crippen LogP contribution in [-0.4, -0.2) is 62.1 Å². The van der Waals surface area contributed by atoms with Crippen LogP contribution < -0.4 is 0 Å². The Balaban J connectivity index is 1.57. The van der Waals surface area contributed by atoms with Gasteiger partial charge >= 0.3 is 0 Å². The Hall–Kier alpha value is -1.91. The molecule has 4 nitrogen and oxygen atoms in total. The number of piperidine rings is 1. The average Bonchev–Trinajstić information content (AvgIpc) is 2.74. The summed E-state index contributed by atoms with van der Waals surface area (Å²) in [7, 11) is 4.19. The molecule has 0 unspecified atom stereocenters. The molecule has 0 N–H and O–H groups in total. The van der Waals surface area contributed by atoms with Crippen molar-refractivity contribution in [1.29, 1.82) is 0 Å². The number of hydrogen-bond acceptors (Lipinski definition) is 3. The van der Waals surface area contributed by atoms with Crippen molar-refractivity contribution >= 4 is 16.7 Å². The number of hydrogen-bond donors (Lipinski definition) is 0. The maximum atomic E-state index is 13.7. The first-order valence-corrected chi connectivity index (χ1v) is 10.6. The monoisotopic (exact) mass is 380 g/mol. The summed E-state index contributed by atoms with van der Waals surface area (Å²) in [6.07, 6.45) is 4.57. The Bertz CT molecular complexity index is 820. The zero-order chi connectivity index (χ0) is 19.6. The molecule has 0 bridgehead atoms. The highest BCUT2D eigenvalue weighted by atomic mass is 16.5. The Labute approximate surface area is 168 Å². The highest BCUT2D eigenvalue weighted by molar-refractivity contribution is 5.85. The van der Waals surface area contributed by atoms with Crippen molar-refractivity contribution in [3.05, 3.63) is 48.0 Å². The van der Waals surface area contributed by atoms with E-state index in [1.54, 1.807) is 0 Å². The molecule has 4 heteroatoms. The molecule has 0 saturated carbocycles. The minimum atomic E-state index is -0.335. The second-order valence-electron chi connectivity index (χ2n) is 8.70. The summed E-state index contributed by atoms with van der Waals surface area (Å²) in [4.78, 5) is 18.1. The molecule has 2 heterocycles. The topological polar surface area (TPSA) is 32.8 Å². The number of likely N-dealkylation sites (tertiary alicyclic amines) is 1. The summed E-state index contributed by atoms with van der Waals surface area (Å²) in [5.74, 6) is 0.318. The molecule has 2 aromatic rings. The van der Waals surface area contributed by atoms with Crippen molar-refractivity contribution in [2.24, 2.45) is 5.41 Å². The van der Waals surface area contributed by atoms with Gasteiger partial charge in [-0.1, -0.05) is 42.5 Å². The lowest BCUT2D eigenvalue weighted by Crippen LogP contribution is -2.52. The molecule has 2 aliphatic rings. The lowest BCUT2D eigenvalue weighted by molar-refractivity contribution is -0.149. The van der Waals surface area contributed by atoms with E-state index in [0.29, 0.717) is 25.2 Å². The highest BCUT2D eigenvalue weighted by Gasteiger charge is 2.43. The first-order chi connectivity index (χ1) is 13.6. The lowest BCUT2D eigenvalue weighted by Gasteiger charge is -2.43. The molecular formula is C24H32N2O2. The van der Waals surface area contributed by atoms with E-state index < -0.39 is 0 Å². The van der Waals surface area contributed by atoms with E-state index in [4.69, 9.17) is 4.74 Å². The number of rotatable bonds is 4. The number of benzene rings is 2. The van der Waals surface area contributed by atoms with Crippen LogP contribution in [0.3, 0.4) is 0 Å². The predicted octanol–water partition coefficient (Wildman–Crippen LogP) is 3.73. The first kappa shape index (κ1) is 19.4. The fraction of sp³-hybridized carbons (Fsp3) is 0.542. The lowest BCUT2D eigenvalue weighted by atomic mass is 9.73. The zero-order valence-corrected chi connectivity index (χ0v) is 17.2. The van der Waals surface area contributed by atoms with E-state index in [9.17, 15) is 4.79 Å². The number of nitrogens with zero attached hydrogens (tertiary/aromatic N) is 2. The van der Waals surface area contributed by atoms with Gasteiger partial charge in [-0.25, -0.2) is 0 Å². The molecule has 1 amide bonds. The molecular weight excluding hydrogens is 348 g/mol. The van der Waals surface area contributed by atoms with Gasteiger partial charge < -0.3 is 14.5 Å². The van der Waals surface area contributed by atoms with Crippen molar-refractivity contribution in [2.75, 3.05) is 40.4 Å². The second-order valence-corrected chi connectivity index (χ2v) is 8.70. The van der Waals surface area contributed by atoms with Gasteiger partial charge in [-0.15, -0.1) is 0 Å². The van der Waals surface area contributed by atoms with E-state index in [1.807, 2.05) is 7.05 Å². The molecule has 28 heavy (non-hydrogen) atoms. The van der Waals surface area contributed by atoms with Crippen LogP contribution in [0.2, 0.25) is 0 Å². The van der Waals surface area contributed by atoms with Gasteiger partial charge in [0.25, 0.3) is 0 Å². The summed E-state index contributed by atoms with van der Waals surface area (Å²) < 4.78 is 5.64. The first-order valence-electron chi connectivity index (χ1n) is 10.6. The summed E-state index contributed by atoms with van der Waals surface area (Å²) in [5, 5.41) is 2.50. The van der Waals surface area contributed by atoms with Crippen LogP contribution in [0, 0.1) is 5.41 Å². The maximum Gasteiger partial charge on any atom is 0.229 e. The van der Waals surface area contributed by atoms with Gasteiger partial charge in [0.2, 0.25) is 5.91 Å². The second kappa shape index (κ2) is 8.22. The van der Waals surface area contributed by atoms with Gasteiger partial charge in [0.1, 0.15) is 0 Å². The number of fused-ring (bicyclic) bond motifs is 1. The Kier molecular flexibility index (Phi) is 5.70. The molecule has 0 atom stereocenters. The molecule has 0 spiro atoms. The van der Waals surface area contributed by atoms with Gasteiger partial charge in [-0.05, 0) is 68.6 Å². The minimum Gasteiger partial charge on any atom is -0.381 e. The summed E-state index contributed by atoms with van der Waals surface area (Å²) in [6, 6.07) is 15.4. The van der Waals surface area contributed by atoms with Crippen molar-refractivity contribution in [1.82, 2.24) is 9.80 Å². The fourth-order valence-corrected chi connectivity index (χ4v) is 4.89. The van der Waals surface area contributed by atoms with Crippen LogP contribution in [0.1, 0.15) is 31.2 Å². The average molecular weight is 381 g/mol. The molecule has 0 aromatic heterocycles. The normalized spacial score (nSPS) is 20.9. The quantitative estimate of drug-likeness (QED) is 0.810. The number of carbonyl (C=O) groups excluding carboxylic acids is 1. The van der Waals surface area contributed by atoms with Gasteiger partial charge in [-0.2, -0.15) is 0 Å². The van der Waals surface area contributed by atoms with Crippen LogP contribution in [0.15, 0.2) is 42.5 Å². The molecule has 2 aliphatic heterocycles. The summed E-state index contributed by atoms with van der Waals surface area (Å²) in [6.45, 7) is 3.51. The molecule has 2 saturated heterocycles. The molecule has 2 aromatic carbocycles. The summed E-state index contributed by atoms with van der Waals surface area (Å²) >= 11 is 0. The van der Waals surface area contributed by atoms with Crippen molar-refractivity contribution in [3.63, 3.8) is 0 Å². The highest BCUT2D eigenvalue weighted by Crippen LogP contribution is 2.38. The van der Waals surface area contributed by atoms with E-state index in [1.165, 1.54) is 16.3 Å². The Morgan fingerprint density at radius 2 is 1.79 bits per heavy atom. The standard InChI is InChI=1S/C24H32N2O2/c1-25-13-9-22(10-14-25)26(2)23(27)24(11-15-28-16-12-24)18-19-7-8-20-5-3-4-6-21(20)17-19/h3-8,17,22H,9-16,18H2,1-2H3. The smallest absolute Gasteiger partial charge is 0.229 e. The number of amides is 1. The third-order valence-corrected chi connectivity index (χ3v) is 6.82. The van der Waals surface area contributed by atoms with Crippen LogP contribution in [0.25, 0.3) is 10.8 Å². The largest absolute Gasteiger partial charge is 0.381 e. The van der Waals surface area contributed by atoms with Crippen molar-refractivity contribution < 1.29 is 9.53 Å².